The van der Waals surface area contributed by atoms with Gasteiger partial charge < -0.3 is 5.32 Å². The van der Waals surface area contributed by atoms with E-state index in [1.165, 1.54) is 12.0 Å². The highest BCUT2D eigenvalue weighted by atomic mass is 16.2. The molecule has 20 heavy (non-hydrogen) atoms. The molecule has 1 aliphatic heterocycles. The zero-order valence-electron chi connectivity index (χ0n) is 13.1. The number of benzene rings is 1. The third-order valence-corrected chi connectivity index (χ3v) is 3.97. The summed E-state index contributed by atoms with van der Waals surface area (Å²) < 4.78 is 0. The van der Waals surface area contributed by atoms with Crippen LogP contribution in [0.5, 0.6) is 0 Å². The van der Waals surface area contributed by atoms with Gasteiger partial charge in [0.25, 0.3) is 0 Å². The predicted molar refractivity (Wildman–Crippen MR) is 83.9 cm³/mol. The summed E-state index contributed by atoms with van der Waals surface area (Å²) >= 11 is 0. The van der Waals surface area contributed by atoms with Gasteiger partial charge in [-0.15, -0.1) is 0 Å². The Kier molecular flexibility index (Phi) is 4.81. The average Bonchev–Trinajstić information content (AvgIpc) is 2.31. The molecule has 2 atom stereocenters. The molecule has 1 saturated heterocycles. The zero-order valence-corrected chi connectivity index (χ0v) is 13.1. The molecular weight excluding hydrogens is 248 g/mol. The van der Waals surface area contributed by atoms with E-state index in [2.05, 4.69) is 37.1 Å². The minimum atomic E-state index is 0.0956. The maximum atomic E-state index is 12.2. The first-order valence-corrected chi connectivity index (χ1v) is 7.53. The third kappa shape index (κ3) is 4.07. The van der Waals surface area contributed by atoms with Gasteiger partial charge in [-0.3, -0.25) is 9.69 Å². The Morgan fingerprint density at radius 3 is 2.50 bits per heavy atom. The topological polar surface area (TPSA) is 32.3 Å². The zero-order chi connectivity index (χ0) is 14.7. The quantitative estimate of drug-likeness (QED) is 0.918. The van der Waals surface area contributed by atoms with Gasteiger partial charge in [-0.2, -0.15) is 0 Å². The number of nitrogens with one attached hydrogen (secondary N) is 1. The van der Waals surface area contributed by atoms with Gasteiger partial charge in [0.2, 0.25) is 5.91 Å². The Hall–Kier alpha value is -1.35. The van der Waals surface area contributed by atoms with Crippen LogP contribution in [0.4, 0.5) is 5.69 Å². The van der Waals surface area contributed by atoms with E-state index in [1.807, 2.05) is 19.1 Å². The Bertz CT molecular complexity index is 474. The monoisotopic (exact) mass is 274 g/mol. The van der Waals surface area contributed by atoms with Crippen LogP contribution in [0.1, 0.15) is 31.4 Å². The van der Waals surface area contributed by atoms with Crippen molar-refractivity contribution >= 4 is 11.6 Å². The normalized spacial score (nSPS) is 23.6. The van der Waals surface area contributed by atoms with Gasteiger partial charge in [0, 0.05) is 18.8 Å². The minimum absolute atomic E-state index is 0.0956. The number of piperidine rings is 1. The number of rotatable bonds is 3. The van der Waals surface area contributed by atoms with Crippen LogP contribution in [0, 0.1) is 25.7 Å². The van der Waals surface area contributed by atoms with E-state index < -0.39 is 0 Å². The van der Waals surface area contributed by atoms with Crippen molar-refractivity contribution in [1.82, 2.24) is 4.90 Å². The standard InChI is InChI=1S/C17H26N2O/c1-12-5-6-16(15(4)8-12)18-17(20)11-19-9-13(2)7-14(3)10-19/h5-6,8,13-14H,7,9-11H2,1-4H3,(H,18,20)/t13-,14+. The number of likely N-dealkylation sites (tertiary alicyclic amines) is 1. The number of amides is 1. The van der Waals surface area contributed by atoms with E-state index in [1.54, 1.807) is 0 Å². The summed E-state index contributed by atoms with van der Waals surface area (Å²) in [5.41, 5.74) is 3.27. The number of aryl methyl sites for hydroxylation is 2. The van der Waals surface area contributed by atoms with Crippen LogP contribution in [0.2, 0.25) is 0 Å². The second-order valence-corrected chi connectivity index (χ2v) is 6.51. The van der Waals surface area contributed by atoms with Crippen molar-refractivity contribution in [3.8, 4) is 0 Å². The summed E-state index contributed by atoms with van der Waals surface area (Å²) in [6, 6.07) is 6.12. The third-order valence-electron chi connectivity index (χ3n) is 3.97. The van der Waals surface area contributed by atoms with Crippen molar-refractivity contribution in [3.63, 3.8) is 0 Å². The number of carbonyl (C=O) groups is 1. The molecule has 1 N–H and O–H groups in total. The summed E-state index contributed by atoms with van der Waals surface area (Å²) in [6.07, 6.45) is 1.27. The van der Waals surface area contributed by atoms with Crippen molar-refractivity contribution in [2.75, 3.05) is 25.0 Å². The molecule has 1 aromatic carbocycles. The molecule has 1 aromatic rings. The molecule has 0 radical (unpaired) electrons. The van der Waals surface area contributed by atoms with Gasteiger partial charge in [0.15, 0.2) is 0 Å². The molecule has 3 nitrogen and oxygen atoms in total. The first-order chi connectivity index (χ1) is 9.44. The number of hydrogen-bond donors (Lipinski definition) is 1. The van der Waals surface area contributed by atoms with Crippen LogP contribution in [0.25, 0.3) is 0 Å². The van der Waals surface area contributed by atoms with Gasteiger partial charge in [0.05, 0.1) is 6.54 Å². The Labute approximate surface area is 122 Å². The molecule has 0 unspecified atom stereocenters. The Morgan fingerprint density at radius 1 is 1.25 bits per heavy atom. The predicted octanol–water partition coefficient (Wildman–Crippen LogP) is 3.22. The average molecular weight is 274 g/mol. The van der Waals surface area contributed by atoms with E-state index in [9.17, 15) is 4.79 Å². The lowest BCUT2D eigenvalue weighted by Crippen LogP contribution is -2.42. The fourth-order valence-corrected chi connectivity index (χ4v) is 3.27. The SMILES string of the molecule is Cc1ccc(NC(=O)CN2C[C@H](C)C[C@H](C)C2)c(C)c1. The molecule has 2 rings (SSSR count). The van der Waals surface area contributed by atoms with Gasteiger partial charge in [0.1, 0.15) is 0 Å². The molecule has 0 aliphatic carbocycles. The second kappa shape index (κ2) is 6.40. The first-order valence-electron chi connectivity index (χ1n) is 7.53. The first kappa shape index (κ1) is 15.0. The smallest absolute Gasteiger partial charge is 0.238 e. The molecular formula is C17H26N2O. The van der Waals surface area contributed by atoms with Crippen molar-refractivity contribution < 1.29 is 4.79 Å². The summed E-state index contributed by atoms with van der Waals surface area (Å²) in [5.74, 6) is 1.47. The van der Waals surface area contributed by atoms with Crippen LogP contribution < -0.4 is 5.32 Å². The lowest BCUT2D eigenvalue weighted by Gasteiger charge is -2.34. The molecule has 0 aromatic heterocycles. The van der Waals surface area contributed by atoms with Crippen LogP contribution in [0.15, 0.2) is 18.2 Å². The molecule has 0 saturated carbocycles. The maximum absolute atomic E-state index is 12.2. The second-order valence-electron chi connectivity index (χ2n) is 6.51. The van der Waals surface area contributed by atoms with E-state index >= 15 is 0 Å². The highest BCUT2D eigenvalue weighted by molar-refractivity contribution is 5.93. The largest absolute Gasteiger partial charge is 0.325 e. The Balaban J connectivity index is 1.92. The Morgan fingerprint density at radius 2 is 1.90 bits per heavy atom. The van der Waals surface area contributed by atoms with Gasteiger partial charge in [-0.1, -0.05) is 31.5 Å². The van der Waals surface area contributed by atoms with Crippen molar-refractivity contribution in [3.05, 3.63) is 29.3 Å². The van der Waals surface area contributed by atoms with Gasteiger partial charge in [-0.05, 0) is 43.7 Å². The molecule has 1 heterocycles. The van der Waals surface area contributed by atoms with Crippen LogP contribution in [-0.2, 0) is 4.79 Å². The lowest BCUT2D eigenvalue weighted by molar-refractivity contribution is -0.117. The van der Waals surface area contributed by atoms with E-state index in [4.69, 9.17) is 0 Å². The van der Waals surface area contributed by atoms with Crippen LogP contribution >= 0.6 is 0 Å². The number of hydrogen-bond acceptors (Lipinski definition) is 2. The fraction of sp³-hybridized carbons (Fsp3) is 0.588. The van der Waals surface area contributed by atoms with E-state index in [-0.39, 0.29) is 5.91 Å². The van der Waals surface area contributed by atoms with Crippen molar-refractivity contribution in [2.24, 2.45) is 11.8 Å². The van der Waals surface area contributed by atoms with E-state index in [0.717, 1.165) is 24.3 Å². The number of nitrogens with zero attached hydrogens (tertiary/aromatic N) is 1. The number of anilines is 1. The maximum Gasteiger partial charge on any atom is 0.238 e. The van der Waals surface area contributed by atoms with Gasteiger partial charge >= 0.3 is 0 Å². The highest BCUT2D eigenvalue weighted by Crippen LogP contribution is 2.21. The number of carbonyl (C=O) groups excluding carboxylic acids is 1. The molecule has 3 heteroatoms. The molecule has 1 fully saturated rings. The van der Waals surface area contributed by atoms with E-state index in [0.29, 0.717) is 18.4 Å². The van der Waals surface area contributed by atoms with Crippen LogP contribution in [-0.4, -0.2) is 30.4 Å². The molecule has 0 bridgehead atoms. The van der Waals surface area contributed by atoms with Gasteiger partial charge in [-0.25, -0.2) is 0 Å². The van der Waals surface area contributed by atoms with Crippen molar-refractivity contribution in [1.29, 1.82) is 0 Å². The highest BCUT2D eigenvalue weighted by Gasteiger charge is 2.23. The molecule has 0 spiro atoms. The lowest BCUT2D eigenvalue weighted by atomic mass is 9.92. The molecule has 1 aliphatic rings. The fourth-order valence-electron chi connectivity index (χ4n) is 3.27. The summed E-state index contributed by atoms with van der Waals surface area (Å²) in [6.45, 7) is 11.2. The van der Waals surface area contributed by atoms with Crippen molar-refractivity contribution in [2.45, 2.75) is 34.1 Å². The molecule has 1 amide bonds. The summed E-state index contributed by atoms with van der Waals surface area (Å²) in [4.78, 5) is 14.5. The van der Waals surface area contributed by atoms with Crippen LogP contribution in [0.3, 0.4) is 0 Å². The summed E-state index contributed by atoms with van der Waals surface area (Å²) in [5, 5.41) is 3.03. The summed E-state index contributed by atoms with van der Waals surface area (Å²) in [7, 11) is 0. The molecule has 110 valence electrons. The minimum Gasteiger partial charge on any atom is -0.325 e.